The third-order valence-corrected chi connectivity index (χ3v) is 4.61. The maximum absolute atomic E-state index is 9.83. The second-order valence-corrected chi connectivity index (χ2v) is 6.76. The summed E-state index contributed by atoms with van der Waals surface area (Å²) in [5.41, 5.74) is 3.19. The summed E-state index contributed by atoms with van der Waals surface area (Å²) in [6, 6.07) is 4.79. The van der Waals surface area contributed by atoms with E-state index in [1.54, 1.807) is 0 Å². The van der Waals surface area contributed by atoms with Gasteiger partial charge in [-0.05, 0) is 62.4 Å². The van der Waals surface area contributed by atoms with Gasteiger partial charge in [-0.3, -0.25) is 4.90 Å². The molecule has 1 aliphatic heterocycles. The Morgan fingerprint density at radius 2 is 1.71 bits per heavy atom. The molecule has 0 bridgehead atoms. The van der Waals surface area contributed by atoms with E-state index >= 15 is 0 Å². The van der Waals surface area contributed by atoms with Crippen molar-refractivity contribution in [2.24, 2.45) is 5.92 Å². The first-order valence-corrected chi connectivity index (χ1v) is 8.23. The molecule has 1 atom stereocenters. The summed E-state index contributed by atoms with van der Waals surface area (Å²) >= 11 is 0. The Hall–Kier alpha value is -1.06. The van der Waals surface area contributed by atoms with Crippen LogP contribution >= 0.6 is 0 Å². The minimum absolute atomic E-state index is 0.427. The summed E-state index contributed by atoms with van der Waals surface area (Å²) in [5.74, 6) is 1.11. The van der Waals surface area contributed by atoms with Gasteiger partial charge in [0.25, 0.3) is 0 Å². The predicted molar refractivity (Wildman–Crippen MR) is 88.7 cm³/mol. The van der Waals surface area contributed by atoms with E-state index in [9.17, 15) is 5.11 Å². The van der Waals surface area contributed by atoms with Gasteiger partial charge >= 0.3 is 0 Å². The molecular formula is C18H30N2O. The lowest BCUT2D eigenvalue weighted by Crippen LogP contribution is -2.44. The lowest BCUT2D eigenvalue weighted by molar-refractivity contribution is 0.186. The normalized spacial score (nSPS) is 17.6. The van der Waals surface area contributed by atoms with E-state index in [1.807, 2.05) is 13.8 Å². The minimum atomic E-state index is 0.427. The van der Waals surface area contributed by atoms with Crippen LogP contribution in [0.3, 0.4) is 0 Å². The van der Waals surface area contributed by atoms with Gasteiger partial charge in [0.1, 0.15) is 5.75 Å². The fourth-order valence-electron chi connectivity index (χ4n) is 3.37. The SMILES string of the molecule is Cc1cc(CNCC(C(C)C)N2CCCC2)cc(C)c1O. The largest absolute Gasteiger partial charge is 0.507 e. The van der Waals surface area contributed by atoms with Gasteiger partial charge < -0.3 is 10.4 Å². The lowest BCUT2D eigenvalue weighted by atomic mass is 10.0. The van der Waals surface area contributed by atoms with Crippen molar-refractivity contribution < 1.29 is 5.11 Å². The number of rotatable bonds is 6. The van der Waals surface area contributed by atoms with Gasteiger partial charge in [0.15, 0.2) is 0 Å². The summed E-state index contributed by atoms with van der Waals surface area (Å²) in [7, 11) is 0. The molecule has 21 heavy (non-hydrogen) atoms. The molecule has 1 heterocycles. The molecule has 0 spiro atoms. The average Bonchev–Trinajstić information content (AvgIpc) is 2.94. The highest BCUT2D eigenvalue weighted by molar-refractivity contribution is 5.42. The number of phenolic OH excluding ortho intramolecular Hbond substituents is 1. The molecule has 118 valence electrons. The molecule has 0 aliphatic carbocycles. The molecule has 3 heteroatoms. The first-order valence-electron chi connectivity index (χ1n) is 8.23. The zero-order valence-electron chi connectivity index (χ0n) is 13.9. The fraction of sp³-hybridized carbons (Fsp3) is 0.667. The Morgan fingerprint density at radius 1 is 1.14 bits per heavy atom. The van der Waals surface area contributed by atoms with Gasteiger partial charge in [0.2, 0.25) is 0 Å². The first-order chi connectivity index (χ1) is 9.99. The van der Waals surface area contributed by atoms with E-state index in [1.165, 1.54) is 31.5 Å². The van der Waals surface area contributed by atoms with Crippen LogP contribution in [0.5, 0.6) is 5.75 Å². The highest BCUT2D eigenvalue weighted by Gasteiger charge is 2.23. The third-order valence-electron chi connectivity index (χ3n) is 4.61. The number of aromatic hydroxyl groups is 1. The molecule has 0 amide bonds. The van der Waals surface area contributed by atoms with Crippen LogP contribution in [0, 0.1) is 19.8 Å². The number of benzene rings is 1. The van der Waals surface area contributed by atoms with Crippen molar-refractivity contribution in [3.8, 4) is 5.75 Å². The van der Waals surface area contributed by atoms with Crippen LogP contribution < -0.4 is 5.32 Å². The number of aryl methyl sites for hydroxylation is 2. The Labute approximate surface area is 129 Å². The lowest BCUT2D eigenvalue weighted by Gasteiger charge is -2.31. The number of nitrogens with zero attached hydrogens (tertiary/aromatic N) is 1. The van der Waals surface area contributed by atoms with Crippen molar-refractivity contribution in [3.05, 3.63) is 28.8 Å². The van der Waals surface area contributed by atoms with Crippen molar-refractivity contribution >= 4 is 0 Å². The molecule has 2 N–H and O–H groups in total. The maximum atomic E-state index is 9.83. The highest BCUT2D eigenvalue weighted by Crippen LogP contribution is 2.23. The van der Waals surface area contributed by atoms with Crippen molar-refractivity contribution in [1.82, 2.24) is 10.2 Å². The van der Waals surface area contributed by atoms with E-state index < -0.39 is 0 Å². The second kappa shape index (κ2) is 7.28. The van der Waals surface area contributed by atoms with Gasteiger partial charge in [-0.2, -0.15) is 0 Å². The summed E-state index contributed by atoms with van der Waals surface area (Å²) in [6.07, 6.45) is 2.69. The summed E-state index contributed by atoms with van der Waals surface area (Å²) in [5, 5.41) is 13.4. The van der Waals surface area contributed by atoms with Crippen LogP contribution in [0.4, 0.5) is 0 Å². The first kappa shape index (κ1) is 16.3. The van der Waals surface area contributed by atoms with Crippen molar-refractivity contribution in [1.29, 1.82) is 0 Å². The van der Waals surface area contributed by atoms with E-state index in [0.29, 0.717) is 17.7 Å². The molecule has 1 saturated heterocycles. The minimum Gasteiger partial charge on any atom is -0.507 e. The van der Waals surface area contributed by atoms with Gasteiger partial charge in [-0.15, -0.1) is 0 Å². The molecule has 0 saturated carbocycles. The van der Waals surface area contributed by atoms with Crippen molar-refractivity contribution in [3.63, 3.8) is 0 Å². The topological polar surface area (TPSA) is 35.5 Å². The monoisotopic (exact) mass is 290 g/mol. The Balaban J connectivity index is 1.90. The van der Waals surface area contributed by atoms with Crippen LogP contribution in [-0.2, 0) is 6.54 Å². The van der Waals surface area contributed by atoms with Crippen LogP contribution in [0.15, 0.2) is 12.1 Å². The van der Waals surface area contributed by atoms with E-state index in [4.69, 9.17) is 0 Å². The number of hydrogen-bond acceptors (Lipinski definition) is 3. The average molecular weight is 290 g/mol. The smallest absolute Gasteiger partial charge is 0.121 e. The fourth-order valence-corrected chi connectivity index (χ4v) is 3.37. The predicted octanol–water partition coefficient (Wildman–Crippen LogP) is 3.22. The van der Waals surface area contributed by atoms with E-state index in [-0.39, 0.29) is 0 Å². The number of likely N-dealkylation sites (tertiary alicyclic amines) is 1. The van der Waals surface area contributed by atoms with Gasteiger partial charge in [0, 0.05) is 19.1 Å². The summed E-state index contributed by atoms with van der Waals surface area (Å²) in [4.78, 5) is 2.63. The molecule has 1 unspecified atom stereocenters. The van der Waals surface area contributed by atoms with Gasteiger partial charge in [0.05, 0.1) is 0 Å². The molecule has 1 fully saturated rings. The number of phenols is 1. The Bertz CT molecular complexity index is 441. The maximum Gasteiger partial charge on any atom is 0.121 e. The zero-order chi connectivity index (χ0) is 15.4. The number of nitrogens with one attached hydrogen (secondary N) is 1. The van der Waals surface area contributed by atoms with Crippen LogP contribution in [0.25, 0.3) is 0 Å². The molecule has 0 aromatic heterocycles. The molecule has 1 aromatic carbocycles. The van der Waals surface area contributed by atoms with Gasteiger partial charge in [-0.25, -0.2) is 0 Å². The van der Waals surface area contributed by atoms with Gasteiger partial charge in [-0.1, -0.05) is 26.0 Å². The van der Waals surface area contributed by atoms with E-state index in [0.717, 1.165) is 24.2 Å². The standard InChI is InChI=1S/C18H30N2O/c1-13(2)17(20-7-5-6-8-20)12-19-11-16-9-14(3)18(21)15(4)10-16/h9-10,13,17,19,21H,5-8,11-12H2,1-4H3. The molecule has 1 aromatic rings. The Kier molecular flexibility index (Phi) is 5.65. The summed E-state index contributed by atoms with van der Waals surface area (Å²) in [6.45, 7) is 13.0. The molecule has 2 rings (SSSR count). The van der Waals surface area contributed by atoms with E-state index in [2.05, 4.69) is 36.2 Å². The third kappa shape index (κ3) is 4.21. The second-order valence-electron chi connectivity index (χ2n) is 6.76. The quantitative estimate of drug-likeness (QED) is 0.844. The molecule has 0 radical (unpaired) electrons. The summed E-state index contributed by atoms with van der Waals surface area (Å²) < 4.78 is 0. The zero-order valence-corrected chi connectivity index (χ0v) is 13.9. The van der Waals surface area contributed by atoms with Crippen LogP contribution in [0.2, 0.25) is 0 Å². The number of hydrogen-bond donors (Lipinski definition) is 2. The van der Waals surface area contributed by atoms with Crippen molar-refractivity contribution in [2.45, 2.75) is 53.1 Å². The van der Waals surface area contributed by atoms with Crippen LogP contribution in [-0.4, -0.2) is 35.7 Å². The molecule has 1 aliphatic rings. The highest BCUT2D eigenvalue weighted by atomic mass is 16.3. The van der Waals surface area contributed by atoms with Crippen LogP contribution in [0.1, 0.15) is 43.4 Å². The molecule has 3 nitrogen and oxygen atoms in total. The molecular weight excluding hydrogens is 260 g/mol. The Morgan fingerprint density at radius 3 is 2.24 bits per heavy atom. The van der Waals surface area contributed by atoms with Crippen molar-refractivity contribution in [2.75, 3.05) is 19.6 Å².